The van der Waals surface area contributed by atoms with Gasteiger partial charge in [-0.05, 0) is 24.8 Å². The minimum absolute atomic E-state index is 0.568. The summed E-state index contributed by atoms with van der Waals surface area (Å²) in [6.45, 7) is 0. The third-order valence-electron chi connectivity index (χ3n) is 2.25. The summed E-state index contributed by atoms with van der Waals surface area (Å²) in [6.07, 6.45) is 9.26. The molecule has 1 unspecified atom stereocenters. The normalized spacial score (nSPS) is 30.4. The number of rotatable bonds is 0. The van der Waals surface area contributed by atoms with E-state index in [4.69, 9.17) is 0 Å². The van der Waals surface area contributed by atoms with Gasteiger partial charge in [-0.25, -0.2) is 0 Å². The van der Waals surface area contributed by atoms with Crippen molar-refractivity contribution >= 4 is 6.21 Å². The predicted octanol–water partition coefficient (Wildman–Crippen LogP) is 0.780. The largest absolute Gasteiger partial charge is 0.274 e. The van der Waals surface area contributed by atoms with E-state index in [0.29, 0.717) is 6.04 Å². The van der Waals surface area contributed by atoms with Crippen molar-refractivity contribution in [2.45, 2.75) is 31.7 Å². The lowest BCUT2D eigenvalue weighted by atomic mass is 9.90. The summed E-state index contributed by atoms with van der Waals surface area (Å²) in [4.78, 5) is 0. The Morgan fingerprint density at radius 2 is 2.50 bits per heavy atom. The summed E-state index contributed by atoms with van der Waals surface area (Å²) >= 11 is 0. The van der Waals surface area contributed by atoms with Gasteiger partial charge in [-0.15, -0.1) is 5.43 Å². The lowest BCUT2D eigenvalue weighted by molar-refractivity contribution is 0.442. The Labute approximate surface area is 61.0 Å². The molecule has 10 heavy (non-hydrogen) atoms. The van der Waals surface area contributed by atoms with Crippen LogP contribution in [0, 0.1) is 0 Å². The van der Waals surface area contributed by atoms with Crippen molar-refractivity contribution in [3.63, 3.8) is 0 Å². The fourth-order valence-electron chi connectivity index (χ4n) is 1.65. The Hall–Kier alpha value is -0.790. The molecule has 0 amide bonds. The van der Waals surface area contributed by atoms with E-state index in [0.717, 1.165) is 0 Å². The maximum Gasteiger partial charge on any atom is 0.274 e. The molecule has 1 N–H and O–H groups in total. The molecule has 2 rings (SSSR count). The van der Waals surface area contributed by atoms with E-state index in [1.54, 1.807) is 5.57 Å². The molecule has 0 spiro atoms. The summed E-state index contributed by atoms with van der Waals surface area (Å²) < 4.78 is 0. The first kappa shape index (κ1) is 5.96. The number of nitrogens with zero attached hydrogens (tertiary/aromatic N) is 1. The Bertz CT molecular complexity index is 182. The number of hydrogen-bond donors (Lipinski definition) is 1. The molecule has 1 aliphatic heterocycles. The van der Waals surface area contributed by atoms with Crippen LogP contribution >= 0.6 is 0 Å². The van der Waals surface area contributed by atoms with Crippen LogP contribution in [-0.2, 0) is 0 Å². The zero-order valence-corrected chi connectivity index (χ0v) is 6.01. The van der Waals surface area contributed by atoms with E-state index in [1.165, 1.54) is 25.7 Å². The second-order valence-electron chi connectivity index (χ2n) is 2.95. The molecule has 0 saturated heterocycles. The highest BCUT2D eigenvalue weighted by Crippen LogP contribution is 2.23. The standard InChI is InChI=1S/C8H12N2/c1-2-4-8-7(3-1)5-6-9-10-8/h5-6,8,10H,1-4H2/q+1. The Morgan fingerprint density at radius 1 is 1.50 bits per heavy atom. The van der Waals surface area contributed by atoms with Gasteiger partial charge in [0.1, 0.15) is 6.04 Å². The van der Waals surface area contributed by atoms with E-state index in [-0.39, 0.29) is 0 Å². The molecular weight excluding hydrogens is 124 g/mol. The van der Waals surface area contributed by atoms with Crippen LogP contribution in [0.25, 0.3) is 0 Å². The minimum atomic E-state index is 0.568. The molecule has 2 nitrogen and oxygen atoms in total. The summed E-state index contributed by atoms with van der Waals surface area (Å²) in [7, 11) is 0. The van der Waals surface area contributed by atoms with Gasteiger partial charge >= 0.3 is 0 Å². The van der Waals surface area contributed by atoms with Crippen molar-refractivity contribution in [2.24, 2.45) is 0 Å². The van der Waals surface area contributed by atoms with E-state index >= 15 is 0 Å². The molecule has 53 valence electrons. The Balaban J connectivity index is 2.14. The van der Waals surface area contributed by atoms with E-state index in [2.05, 4.69) is 16.6 Å². The zero-order chi connectivity index (χ0) is 6.81. The summed E-state index contributed by atoms with van der Waals surface area (Å²) in [5, 5.41) is 4.01. The highest BCUT2D eigenvalue weighted by Gasteiger charge is 2.23. The third-order valence-corrected chi connectivity index (χ3v) is 2.25. The summed E-state index contributed by atoms with van der Waals surface area (Å²) in [5.74, 6) is 0. The molecule has 1 fully saturated rings. The van der Waals surface area contributed by atoms with Gasteiger partial charge in [-0.3, -0.25) is 0 Å². The van der Waals surface area contributed by atoms with Gasteiger partial charge in [0.05, 0.1) is 0 Å². The van der Waals surface area contributed by atoms with E-state index in [9.17, 15) is 0 Å². The molecule has 1 aliphatic carbocycles. The van der Waals surface area contributed by atoms with Gasteiger partial charge in [0.15, 0.2) is 5.10 Å². The highest BCUT2D eigenvalue weighted by atomic mass is 15.3. The number of allylic oxidation sites excluding steroid dienone is 1. The molecular formula is C8H12N2+. The molecule has 2 aliphatic rings. The minimum Gasteiger partial charge on any atom is -0.126 e. The van der Waals surface area contributed by atoms with Crippen LogP contribution < -0.4 is 10.5 Å². The zero-order valence-electron chi connectivity index (χ0n) is 6.01. The lowest BCUT2D eigenvalue weighted by Gasteiger charge is -2.21. The van der Waals surface area contributed by atoms with Crippen LogP contribution in [0.3, 0.4) is 0 Å². The van der Waals surface area contributed by atoms with Crippen molar-refractivity contribution in [3.8, 4) is 0 Å². The van der Waals surface area contributed by atoms with Gasteiger partial charge in [0.25, 0.3) is 6.21 Å². The number of hydrogen-bond acceptors (Lipinski definition) is 2. The monoisotopic (exact) mass is 136 g/mol. The number of hydrazone groups is 1. The van der Waals surface area contributed by atoms with Crippen LogP contribution in [0.15, 0.2) is 11.6 Å². The van der Waals surface area contributed by atoms with Gasteiger partial charge < -0.3 is 0 Å². The molecule has 2 heteroatoms. The van der Waals surface area contributed by atoms with E-state index < -0.39 is 0 Å². The fourth-order valence-corrected chi connectivity index (χ4v) is 1.65. The molecule has 0 bridgehead atoms. The van der Waals surface area contributed by atoms with Gasteiger partial charge in [0, 0.05) is 6.08 Å². The second kappa shape index (κ2) is 2.45. The second-order valence-corrected chi connectivity index (χ2v) is 2.95. The number of fused-ring (bicyclic) bond motifs is 1. The first-order valence-corrected chi connectivity index (χ1v) is 3.94. The average molecular weight is 136 g/mol. The predicted molar refractivity (Wildman–Crippen MR) is 41.7 cm³/mol. The van der Waals surface area contributed by atoms with E-state index in [1.807, 2.05) is 6.21 Å². The van der Waals surface area contributed by atoms with Crippen LogP contribution in [0.2, 0.25) is 0 Å². The quantitative estimate of drug-likeness (QED) is 0.523. The molecule has 1 saturated carbocycles. The molecule has 0 aromatic carbocycles. The fraction of sp³-hybridized carbons (Fsp3) is 0.625. The molecule has 1 atom stereocenters. The first-order chi connectivity index (χ1) is 4.97. The van der Waals surface area contributed by atoms with Gasteiger partial charge in [-0.2, -0.15) is 0 Å². The Morgan fingerprint density at radius 3 is 3.40 bits per heavy atom. The van der Waals surface area contributed by atoms with Crippen LogP contribution in [0.1, 0.15) is 25.7 Å². The summed E-state index contributed by atoms with van der Waals surface area (Å²) in [6, 6.07) is 0.568. The average Bonchev–Trinajstić information content (AvgIpc) is 2.05. The molecule has 1 heterocycles. The highest BCUT2D eigenvalue weighted by molar-refractivity contribution is 5.72. The van der Waals surface area contributed by atoms with Crippen molar-refractivity contribution in [3.05, 3.63) is 11.6 Å². The van der Waals surface area contributed by atoms with Gasteiger partial charge in [-0.1, -0.05) is 6.42 Å². The Kier molecular flexibility index (Phi) is 1.46. The van der Waals surface area contributed by atoms with Crippen LogP contribution in [0.5, 0.6) is 0 Å². The molecule has 0 aromatic rings. The topological polar surface area (TPSA) is 26.1 Å². The van der Waals surface area contributed by atoms with Crippen molar-refractivity contribution < 1.29 is 0 Å². The molecule has 1 radical (unpaired) electrons. The van der Waals surface area contributed by atoms with Crippen molar-refractivity contribution in [1.29, 1.82) is 0 Å². The SMILES string of the molecule is C1=[N+]NC2CCCCC2=C1. The smallest absolute Gasteiger partial charge is 0.126 e. The number of nitrogens with one attached hydrogen (secondary N) is 1. The maximum atomic E-state index is 4.01. The maximum absolute atomic E-state index is 4.01. The van der Waals surface area contributed by atoms with Crippen molar-refractivity contribution in [2.75, 3.05) is 0 Å². The van der Waals surface area contributed by atoms with Gasteiger partial charge in [0.2, 0.25) is 0 Å². The van der Waals surface area contributed by atoms with Crippen LogP contribution in [0.4, 0.5) is 0 Å². The van der Waals surface area contributed by atoms with Crippen molar-refractivity contribution in [1.82, 2.24) is 10.5 Å². The lowest BCUT2D eigenvalue weighted by Crippen LogP contribution is -2.37. The first-order valence-electron chi connectivity index (χ1n) is 3.94. The summed E-state index contributed by atoms with van der Waals surface area (Å²) in [5.41, 5.74) is 4.66. The molecule has 0 aromatic heterocycles. The third kappa shape index (κ3) is 0.939. The van der Waals surface area contributed by atoms with Crippen LogP contribution in [-0.4, -0.2) is 12.3 Å².